The molecule has 4 nitrogen and oxygen atoms in total. The number of nitrogens with one attached hydrogen (secondary N) is 1. The second-order valence-corrected chi connectivity index (χ2v) is 5.51. The molecule has 0 aliphatic carbocycles. The fourth-order valence-corrected chi connectivity index (χ4v) is 2.66. The van der Waals surface area contributed by atoms with Gasteiger partial charge in [-0.05, 0) is 66.8 Å². The van der Waals surface area contributed by atoms with Crippen LogP contribution in [0.25, 0.3) is 0 Å². The van der Waals surface area contributed by atoms with Gasteiger partial charge in [-0.25, -0.2) is 0 Å². The van der Waals surface area contributed by atoms with Crippen LogP contribution in [0.15, 0.2) is 21.2 Å². The van der Waals surface area contributed by atoms with E-state index in [0.717, 1.165) is 38.4 Å². The number of nitrogens with zero attached hydrogens (tertiary/aromatic N) is 1. The second kappa shape index (κ2) is 6.38. The third-order valence-corrected chi connectivity index (χ3v) is 3.91. The summed E-state index contributed by atoms with van der Waals surface area (Å²) in [6.45, 7) is 2.74. The summed E-state index contributed by atoms with van der Waals surface area (Å²) in [6.07, 6.45) is 3.38. The number of amides is 1. The Balaban J connectivity index is 1.84. The van der Waals surface area contributed by atoms with Crippen LogP contribution in [0.1, 0.15) is 29.8 Å². The zero-order valence-electron chi connectivity index (χ0n) is 10.6. The van der Waals surface area contributed by atoms with Crippen LogP contribution in [0, 0.1) is 5.92 Å². The van der Waals surface area contributed by atoms with Gasteiger partial charge >= 0.3 is 0 Å². The lowest BCUT2D eigenvalue weighted by Gasteiger charge is -2.31. The molecule has 2 heterocycles. The first-order valence-electron chi connectivity index (χ1n) is 6.40. The molecular weight excluding hydrogens is 296 g/mol. The molecule has 5 heteroatoms. The van der Waals surface area contributed by atoms with Crippen molar-refractivity contribution in [3.8, 4) is 0 Å². The van der Waals surface area contributed by atoms with Gasteiger partial charge in [-0.1, -0.05) is 0 Å². The molecule has 0 spiro atoms. The van der Waals surface area contributed by atoms with Crippen LogP contribution >= 0.6 is 15.9 Å². The molecule has 0 bridgehead atoms. The Kier molecular flexibility index (Phi) is 4.83. The Hall–Kier alpha value is -0.810. The summed E-state index contributed by atoms with van der Waals surface area (Å²) in [5, 5.41) is 3.18. The van der Waals surface area contributed by atoms with E-state index in [4.69, 9.17) is 4.42 Å². The van der Waals surface area contributed by atoms with Crippen molar-refractivity contribution < 1.29 is 9.21 Å². The van der Waals surface area contributed by atoms with E-state index in [1.807, 2.05) is 11.9 Å². The summed E-state index contributed by atoms with van der Waals surface area (Å²) in [5.74, 6) is 1.17. The highest BCUT2D eigenvalue weighted by atomic mass is 79.9. The van der Waals surface area contributed by atoms with Crippen molar-refractivity contribution in [1.82, 2.24) is 10.2 Å². The molecule has 1 aliphatic heterocycles. The van der Waals surface area contributed by atoms with Gasteiger partial charge in [0.2, 0.25) is 0 Å². The molecule has 0 unspecified atom stereocenters. The first kappa shape index (κ1) is 13.6. The Morgan fingerprint density at radius 1 is 1.50 bits per heavy atom. The summed E-state index contributed by atoms with van der Waals surface area (Å²) in [4.78, 5) is 14.0. The van der Waals surface area contributed by atoms with Crippen LogP contribution < -0.4 is 5.32 Å². The van der Waals surface area contributed by atoms with Gasteiger partial charge in [0, 0.05) is 13.1 Å². The van der Waals surface area contributed by atoms with E-state index in [9.17, 15) is 4.79 Å². The second-order valence-electron chi connectivity index (χ2n) is 4.73. The predicted octanol–water partition coefficient (Wildman–Crippen LogP) is 2.50. The molecule has 1 amide bonds. The molecule has 1 N–H and O–H groups in total. The number of hydrogen-bond donors (Lipinski definition) is 1. The van der Waals surface area contributed by atoms with E-state index in [-0.39, 0.29) is 5.91 Å². The lowest BCUT2D eigenvalue weighted by Crippen LogP contribution is -2.38. The van der Waals surface area contributed by atoms with Crippen molar-refractivity contribution >= 4 is 21.8 Å². The maximum atomic E-state index is 12.1. The zero-order valence-corrected chi connectivity index (χ0v) is 12.2. The maximum Gasteiger partial charge on any atom is 0.289 e. The highest BCUT2D eigenvalue weighted by Gasteiger charge is 2.24. The van der Waals surface area contributed by atoms with Crippen LogP contribution in [0.2, 0.25) is 0 Å². The highest BCUT2D eigenvalue weighted by Crippen LogP contribution is 2.22. The normalized spacial score (nSPS) is 17.1. The fraction of sp³-hybridized carbons (Fsp3) is 0.615. The van der Waals surface area contributed by atoms with Gasteiger partial charge in [0.05, 0.1) is 0 Å². The van der Waals surface area contributed by atoms with Crippen LogP contribution in [0.3, 0.4) is 0 Å². The van der Waals surface area contributed by atoms with Crippen molar-refractivity contribution in [1.29, 1.82) is 0 Å². The molecule has 18 heavy (non-hydrogen) atoms. The quantitative estimate of drug-likeness (QED) is 0.928. The molecule has 1 fully saturated rings. The first-order chi connectivity index (χ1) is 8.70. The number of likely N-dealkylation sites (tertiary alicyclic amines) is 1. The SMILES string of the molecule is CNCCC1CCN(C(=O)c2ccc(Br)o2)CC1. The number of furan rings is 1. The van der Waals surface area contributed by atoms with Gasteiger partial charge in [-0.3, -0.25) is 4.79 Å². The molecule has 1 aromatic heterocycles. The standard InChI is InChI=1S/C13H19BrN2O2/c1-15-7-4-10-5-8-16(9-6-10)13(17)11-2-3-12(14)18-11/h2-3,10,15H,4-9H2,1H3. The molecule has 1 saturated heterocycles. The number of halogens is 1. The van der Waals surface area contributed by atoms with Crippen molar-refractivity contribution in [3.63, 3.8) is 0 Å². The van der Waals surface area contributed by atoms with Gasteiger partial charge in [0.15, 0.2) is 10.4 Å². The van der Waals surface area contributed by atoms with Gasteiger partial charge in [0.25, 0.3) is 5.91 Å². The molecule has 1 aromatic rings. The minimum absolute atomic E-state index is 0.00719. The van der Waals surface area contributed by atoms with E-state index in [0.29, 0.717) is 10.4 Å². The van der Waals surface area contributed by atoms with Crippen molar-refractivity contribution in [2.24, 2.45) is 5.92 Å². The third-order valence-electron chi connectivity index (χ3n) is 3.49. The summed E-state index contributed by atoms with van der Waals surface area (Å²) in [5.41, 5.74) is 0. The average Bonchev–Trinajstić information content (AvgIpc) is 2.83. The van der Waals surface area contributed by atoms with Gasteiger partial charge < -0.3 is 14.6 Å². The number of carbonyl (C=O) groups is 1. The molecule has 0 aromatic carbocycles. The molecule has 2 rings (SSSR count). The molecular formula is C13H19BrN2O2. The Morgan fingerprint density at radius 2 is 2.22 bits per heavy atom. The van der Waals surface area contributed by atoms with E-state index < -0.39 is 0 Å². The maximum absolute atomic E-state index is 12.1. The molecule has 100 valence electrons. The summed E-state index contributed by atoms with van der Waals surface area (Å²) < 4.78 is 5.91. The predicted molar refractivity (Wildman–Crippen MR) is 73.6 cm³/mol. The monoisotopic (exact) mass is 314 g/mol. The zero-order chi connectivity index (χ0) is 13.0. The van der Waals surface area contributed by atoms with E-state index in [1.54, 1.807) is 12.1 Å². The van der Waals surface area contributed by atoms with Crippen molar-refractivity contribution in [3.05, 3.63) is 22.6 Å². The van der Waals surface area contributed by atoms with E-state index in [1.165, 1.54) is 6.42 Å². The Morgan fingerprint density at radius 3 is 2.78 bits per heavy atom. The van der Waals surface area contributed by atoms with E-state index in [2.05, 4.69) is 21.2 Å². The van der Waals surface area contributed by atoms with Crippen LogP contribution in [0.4, 0.5) is 0 Å². The topological polar surface area (TPSA) is 45.5 Å². The van der Waals surface area contributed by atoms with Crippen LogP contribution in [-0.2, 0) is 0 Å². The number of piperidine rings is 1. The number of hydrogen-bond acceptors (Lipinski definition) is 3. The summed E-state index contributed by atoms with van der Waals surface area (Å²) >= 11 is 3.22. The third kappa shape index (κ3) is 3.36. The molecule has 0 saturated carbocycles. The van der Waals surface area contributed by atoms with Crippen LogP contribution in [0.5, 0.6) is 0 Å². The fourth-order valence-electron chi connectivity index (χ4n) is 2.36. The smallest absolute Gasteiger partial charge is 0.289 e. The van der Waals surface area contributed by atoms with Crippen molar-refractivity contribution in [2.45, 2.75) is 19.3 Å². The largest absolute Gasteiger partial charge is 0.444 e. The minimum Gasteiger partial charge on any atom is -0.444 e. The number of carbonyl (C=O) groups excluding carboxylic acids is 1. The van der Waals surface area contributed by atoms with Gasteiger partial charge in [0.1, 0.15) is 0 Å². The summed E-state index contributed by atoms with van der Waals surface area (Å²) in [7, 11) is 1.98. The van der Waals surface area contributed by atoms with E-state index >= 15 is 0 Å². The highest BCUT2D eigenvalue weighted by molar-refractivity contribution is 9.10. The van der Waals surface area contributed by atoms with Crippen molar-refractivity contribution in [2.75, 3.05) is 26.7 Å². The Labute approximate surface area is 116 Å². The lowest BCUT2D eigenvalue weighted by molar-refractivity contribution is 0.0654. The Bertz CT molecular complexity index is 397. The molecule has 1 aliphatic rings. The summed E-state index contributed by atoms with van der Waals surface area (Å²) in [6, 6.07) is 3.48. The molecule has 0 radical (unpaired) electrons. The molecule has 0 atom stereocenters. The van der Waals surface area contributed by atoms with Crippen LogP contribution in [-0.4, -0.2) is 37.5 Å². The first-order valence-corrected chi connectivity index (χ1v) is 7.19. The van der Waals surface area contributed by atoms with Gasteiger partial charge in [-0.15, -0.1) is 0 Å². The minimum atomic E-state index is 0.00719. The number of rotatable bonds is 4. The lowest BCUT2D eigenvalue weighted by atomic mass is 9.93. The van der Waals surface area contributed by atoms with Gasteiger partial charge in [-0.2, -0.15) is 0 Å². The average molecular weight is 315 g/mol.